The van der Waals surface area contributed by atoms with E-state index in [4.69, 9.17) is 5.73 Å². The molecule has 2 aromatic rings. The first-order valence-electron chi connectivity index (χ1n) is 6.21. The first kappa shape index (κ1) is 16.4. The molecule has 0 unspecified atom stereocenters. The van der Waals surface area contributed by atoms with Gasteiger partial charge in [0.15, 0.2) is 0 Å². The molecule has 0 spiro atoms. The van der Waals surface area contributed by atoms with E-state index in [9.17, 15) is 8.42 Å². The van der Waals surface area contributed by atoms with Gasteiger partial charge in [-0.05, 0) is 30.3 Å². The number of nitrogens with two attached hydrogens (primary N) is 1. The number of hydrogen-bond acceptors (Lipinski definition) is 4. The number of thioether (sulfide) groups is 1. The second kappa shape index (κ2) is 7.31. The van der Waals surface area contributed by atoms with Crippen molar-refractivity contribution in [1.29, 1.82) is 0 Å². The molecule has 0 atom stereocenters. The lowest BCUT2D eigenvalue weighted by atomic mass is 10.3. The van der Waals surface area contributed by atoms with Gasteiger partial charge in [-0.1, -0.05) is 34.1 Å². The Kier molecular flexibility index (Phi) is 5.69. The van der Waals surface area contributed by atoms with Crippen LogP contribution in [0.25, 0.3) is 0 Å². The normalized spacial score (nSPS) is 11.5. The van der Waals surface area contributed by atoms with Gasteiger partial charge in [-0.2, -0.15) is 0 Å². The molecule has 0 aliphatic rings. The van der Waals surface area contributed by atoms with Gasteiger partial charge < -0.3 is 5.73 Å². The Morgan fingerprint density at radius 3 is 2.57 bits per heavy atom. The van der Waals surface area contributed by atoms with Crippen molar-refractivity contribution < 1.29 is 8.42 Å². The summed E-state index contributed by atoms with van der Waals surface area (Å²) < 4.78 is 27.6. The Hall–Kier alpha value is -1.02. The highest BCUT2D eigenvalue weighted by molar-refractivity contribution is 9.10. The average molecular weight is 387 g/mol. The van der Waals surface area contributed by atoms with Crippen molar-refractivity contribution in [1.82, 2.24) is 4.72 Å². The third-order valence-electron chi connectivity index (χ3n) is 2.67. The van der Waals surface area contributed by atoms with Gasteiger partial charge in [-0.3, -0.25) is 0 Å². The van der Waals surface area contributed by atoms with Gasteiger partial charge in [0.25, 0.3) is 0 Å². The molecule has 2 rings (SSSR count). The van der Waals surface area contributed by atoms with Crippen LogP contribution in [0, 0.1) is 0 Å². The number of nitrogens with one attached hydrogen (secondary N) is 1. The van der Waals surface area contributed by atoms with Crippen LogP contribution in [-0.4, -0.2) is 20.7 Å². The standard InChI is InChI=1S/C14H15BrN2O2S2/c15-11-6-7-13(16)14(10-11)21(18,19)17-8-9-20-12-4-2-1-3-5-12/h1-7,10,17H,8-9,16H2. The molecular weight excluding hydrogens is 372 g/mol. The van der Waals surface area contributed by atoms with E-state index in [1.165, 1.54) is 6.07 Å². The van der Waals surface area contributed by atoms with Crippen molar-refractivity contribution in [3.63, 3.8) is 0 Å². The predicted octanol–water partition coefficient (Wildman–Crippen LogP) is 3.10. The van der Waals surface area contributed by atoms with E-state index in [0.717, 1.165) is 4.90 Å². The summed E-state index contributed by atoms with van der Waals surface area (Å²) in [6.45, 7) is 0.341. The largest absolute Gasteiger partial charge is 0.398 e. The third kappa shape index (κ3) is 4.74. The molecule has 2 aromatic carbocycles. The lowest BCUT2D eigenvalue weighted by Crippen LogP contribution is -2.26. The van der Waals surface area contributed by atoms with Crippen LogP contribution in [0.3, 0.4) is 0 Å². The molecule has 0 aliphatic carbocycles. The SMILES string of the molecule is Nc1ccc(Br)cc1S(=O)(=O)NCCSc1ccccc1. The van der Waals surface area contributed by atoms with E-state index < -0.39 is 10.0 Å². The van der Waals surface area contributed by atoms with E-state index >= 15 is 0 Å². The minimum absolute atomic E-state index is 0.0987. The van der Waals surface area contributed by atoms with Crippen molar-refractivity contribution in [3.05, 3.63) is 53.0 Å². The Balaban J connectivity index is 1.94. The quantitative estimate of drug-likeness (QED) is 0.454. The summed E-state index contributed by atoms with van der Waals surface area (Å²) in [5.41, 5.74) is 5.96. The number of anilines is 1. The maximum atomic E-state index is 12.2. The van der Waals surface area contributed by atoms with Gasteiger partial charge >= 0.3 is 0 Å². The van der Waals surface area contributed by atoms with Crippen molar-refractivity contribution in [2.24, 2.45) is 0 Å². The predicted molar refractivity (Wildman–Crippen MR) is 90.9 cm³/mol. The summed E-state index contributed by atoms with van der Waals surface area (Å²) in [5, 5.41) is 0. The molecule has 21 heavy (non-hydrogen) atoms. The van der Waals surface area contributed by atoms with Gasteiger partial charge in [-0.15, -0.1) is 11.8 Å². The van der Waals surface area contributed by atoms with Crippen LogP contribution < -0.4 is 10.5 Å². The lowest BCUT2D eigenvalue weighted by Gasteiger charge is -2.09. The van der Waals surface area contributed by atoms with E-state index in [2.05, 4.69) is 20.7 Å². The maximum absolute atomic E-state index is 12.2. The fraction of sp³-hybridized carbons (Fsp3) is 0.143. The van der Waals surface area contributed by atoms with Crippen LogP contribution in [0.4, 0.5) is 5.69 Å². The van der Waals surface area contributed by atoms with E-state index in [1.54, 1.807) is 23.9 Å². The van der Waals surface area contributed by atoms with Crippen molar-refractivity contribution >= 4 is 43.4 Å². The number of nitrogen functional groups attached to an aromatic ring is 1. The molecule has 0 saturated carbocycles. The molecule has 0 aliphatic heterocycles. The van der Waals surface area contributed by atoms with Gasteiger partial charge in [-0.25, -0.2) is 13.1 Å². The van der Waals surface area contributed by atoms with Crippen LogP contribution >= 0.6 is 27.7 Å². The van der Waals surface area contributed by atoms with E-state index in [-0.39, 0.29) is 10.6 Å². The Morgan fingerprint density at radius 1 is 1.14 bits per heavy atom. The summed E-state index contributed by atoms with van der Waals surface area (Å²) in [4.78, 5) is 1.21. The number of halogens is 1. The third-order valence-corrected chi connectivity index (χ3v) is 5.69. The molecule has 0 bridgehead atoms. The molecule has 0 fully saturated rings. The van der Waals surface area contributed by atoms with Gasteiger partial charge in [0.1, 0.15) is 4.90 Å². The minimum Gasteiger partial charge on any atom is -0.398 e. The van der Waals surface area contributed by atoms with Crippen LogP contribution in [0.15, 0.2) is 62.8 Å². The summed E-state index contributed by atoms with van der Waals surface area (Å²) in [7, 11) is -3.59. The highest BCUT2D eigenvalue weighted by atomic mass is 79.9. The Bertz CT molecular complexity index is 706. The summed E-state index contributed by atoms with van der Waals surface area (Å²) in [6.07, 6.45) is 0. The van der Waals surface area contributed by atoms with E-state index in [1.807, 2.05) is 30.3 Å². The summed E-state index contributed by atoms with van der Waals surface area (Å²) >= 11 is 4.85. The zero-order valence-electron chi connectivity index (χ0n) is 11.1. The Morgan fingerprint density at radius 2 is 1.86 bits per heavy atom. The zero-order chi connectivity index (χ0) is 15.3. The van der Waals surface area contributed by atoms with Crippen LogP contribution in [0.2, 0.25) is 0 Å². The molecule has 4 nitrogen and oxygen atoms in total. The number of hydrogen-bond donors (Lipinski definition) is 2. The van der Waals surface area contributed by atoms with Gasteiger partial charge in [0.2, 0.25) is 10.0 Å². The summed E-state index contributed by atoms with van der Waals surface area (Å²) in [6, 6.07) is 14.6. The van der Waals surface area contributed by atoms with Crippen molar-refractivity contribution in [2.75, 3.05) is 18.0 Å². The average Bonchev–Trinajstić information content (AvgIpc) is 2.47. The smallest absolute Gasteiger partial charge is 0.242 e. The maximum Gasteiger partial charge on any atom is 0.242 e. The van der Waals surface area contributed by atoms with Gasteiger partial charge in [0, 0.05) is 21.7 Å². The molecular formula is C14H15BrN2O2S2. The minimum atomic E-state index is -3.59. The molecule has 0 aromatic heterocycles. The molecule has 0 heterocycles. The number of sulfonamides is 1. The Labute approximate surface area is 137 Å². The molecule has 0 saturated heterocycles. The fourth-order valence-electron chi connectivity index (χ4n) is 1.68. The molecule has 0 radical (unpaired) electrons. The fourth-order valence-corrected chi connectivity index (χ4v) is 4.30. The lowest BCUT2D eigenvalue weighted by molar-refractivity contribution is 0.584. The zero-order valence-corrected chi connectivity index (χ0v) is 14.3. The van der Waals surface area contributed by atoms with Crippen molar-refractivity contribution in [3.8, 4) is 0 Å². The monoisotopic (exact) mass is 386 g/mol. The number of benzene rings is 2. The topological polar surface area (TPSA) is 72.2 Å². The van der Waals surface area contributed by atoms with Gasteiger partial charge in [0.05, 0.1) is 5.69 Å². The second-order valence-electron chi connectivity index (χ2n) is 4.24. The first-order chi connectivity index (χ1) is 9.99. The number of rotatable bonds is 6. The van der Waals surface area contributed by atoms with Crippen LogP contribution in [0.1, 0.15) is 0 Å². The molecule has 3 N–H and O–H groups in total. The molecule has 112 valence electrons. The van der Waals surface area contributed by atoms with Crippen molar-refractivity contribution in [2.45, 2.75) is 9.79 Å². The first-order valence-corrected chi connectivity index (χ1v) is 9.48. The highest BCUT2D eigenvalue weighted by Crippen LogP contribution is 2.23. The summed E-state index contributed by atoms with van der Waals surface area (Å²) in [5.74, 6) is 0.650. The highest BCUT2D eigenvalue weighted by Gasteiger charge is 2.17. The van der Waals surface area contributed by atoms with E-state index in [0.29, 0.717) is 16.8 Å². The molecule has 0 amide bonds. The van der Waals surface area contributed by atoms with Crippen LogP contribution in [0.5, 0.6) is 0 Å². The second-order valence-corrected chi connectivity index (χ2v) is 8.06. The molecule has 7 heteroatoms. The van der Waals surface area contributed by atoms with Crippen LogP contribution in [-0.2, 0) is 10.0 Å².